The topological polar surface area (TPSA) is 34.5 Å². The van der Waals surface area contributed by atoms with Crippen LogP contribution in [-0.4, -0.2) is 40.7 Å². The Kier molecular flexibility index (Phi) is 3.22. The first-order valence-electron chi connectivity index (χ1n) is 8.10. The molecular formula is C18H22N2O2. The lowest BCUT2D eigenvalue weighted by Crippen LogP contribution is -2.43. The quantitative estimate of drug-likeness (QED) is 0.800. The Balaban J connectivity index is 1.55. The average molecular weight is 298 g/mol. The lowest BCUT2D eigenvalue weighted by atomic mass is 10.0. The number of aromatic nitrogens is 1. The van der Waals surface area contributed by atoms with Gasteiger partial charge >= 0.3 is 5.97 Å². The fraction of sp³-hybridized carbons (Fsp3) is 0.500. The Morgan fingerprint density at radius 2 is 1.82 bits per heavy atom. The number of benzene rings is 1. The van der Waals surface area contributed by atoms with E-state index in [4.69, 9.17) is 4.74 Å². The van der Waals surface area contributed by atoms with Crippen molar-refractivity contribution in [1.82, 2.24) is 9.47 Å². The normalized spacial score (nSPS) is 28.2. The number of esters is 1. The standard InChI is InChI=1S/C18H22N2O2/c1-19-11-16(15-5-3-4-6-17(15)19)18(21)22-14-9-12-7-8-13(10-14)20(12)2/h3-6,11-14H,7-10H2,1-2H3/t12-,13-/m0/s1. The number of aryl methyl sites for hydroxylation is 1. The van der Waals surface area contributed by atoms with Crippen molar-refractivity contribution >= 4 is 16.9 Å². The fourth-order valence-electron chi connectivity index (χ4n) is 4.18. The van der Waals surface area contributed by atoms with Gasteiger partial charge < -0.3 is 14.2 Å². The van der Waals surface area contributed by atoms with E-state index in [0.717, 1.165) is 23.7 Å². The van der Waals surface area contributed by atoms with E-state index in [1.807, 2.05) is 42.1 Å². The van der Waals surface area contributed by atoms with Gasteiger partial charge in [0.1, 0.15) is 6.10 Å². The first kappa shape index (κ1) is 13.8. The van der Waals surface area contributed by atoms with Crippen LogP contribution in [0.5, 0.6) is 0 Å². The van der Waals surface area contributed by atoms with Crippen LogP contribution >= 0.6 is 0 Å². The molecule has 2 atom stereocenters. The number of rotatable bonds is 2. The fourth-order valence-corrected chi connectivity index (χ4v) is 4.18. The van der Waals surface area contributed by atoms with Crippen molar-refractivity contribution in [3.05, 3.63) is 36.0 Å². The maximum atomic E-state index is 12.6. The third-order valence-corrected chi connectivity index (χ3v) is 5.45. The van der Waals surface area contributed by atoms with Gasteiger partial charge in [-0.15, -0.1) is 0 Å². The summed E-state index contributed by atoms with van der Waals surface area (Å²) in [5.74, 6) is -0.175. The summed E-state index contributed by atoms with van der Waals surface area (Å²) in [5, 5.41) is 0.978. The zero-order valence-electron chi connectivity index (χ0n) is 13.2. The van der Waals surface area contributed by atoms with Gasteiger partial charge in [0.05, 0.1) is 5.56 Å². The number of ether oxygens (including phenoxy) is 1. The van der Waals surface area contributed by atoms with E-state index >= 15 is 0 Å². The van der Waals surface area contributed by atoms with Crippen molar-refractivity contribution in [3.63, 3.8) is 0 Å². The largest absolute Gasteiger partial charge is 0.459 e. The van der Waals surface area contributed by atoms with Crippen LogP contribution in [0.4, 0.5) is 0 Å². The highest BCUT2D eigenvalue weighted by atomic mass is 16.5. The number of carbonyl (C=O) groups excluding carboxylic acids is 1. The molecule has 22 heavy (non-hydrogen) atoms. The predicted molar refractivity (Wildman–Crippen MR) is 85.9 cm³/mol. The first-order valence-corrected chi connectivity index (χ1v) is 8.10. The summed E-state index contributed by atoms with van der Waals surface area (Å²) >= 11 is 0. The molecule has 1 aromatic carbocycles. The number of hydrogen-bond acceptors (Lipinski definition) is 3. The molecule has 3 heterocycles. The zero-order chi connectivity index (χ0) is 15.3. The van der Waals surface area contributed by atoms with Crippen LogP contribution in [0, 0.1) is 0 Å². The van der Waals surface area contributed by atoms with Gasteiger partial charge in [-0.1, -0.05) is 18.2 Å². The molecule has 0 N–H and O–H groups in total. The molecule has 2 fully saturated rings. The van der Waals surface area contributed by atoms with Gasteiger partial charge in [0.2, 0.25) is 0 Å². The number of para-hydroxylation sites is 1. The van der Waals surface area contributed by atoms with Gasteiger partial charge in [-0.25, -0.2) is 4.79 Å². The van der Waals surface area contributed by atoms with E-state index in [2.05, 4.69) is 11.9 Å². The highest BCUT2D eigenvalue weighted by Gasteiger charge is 2.40. The lowest BCUT2D eigenvalue weighted by Gasteiger charge is -2.35. The third-order valence-electron chi connectivity index (χ3n) is 5.45. The van der Waals surface area contributed by atoms with Crippen LogP contribution in [0.2, 0.25) is 0 Å². The summed E-state index contributed by atoms with van der Waals surface area (Å²) in [4.78, 5) is 15.1. The number of fused-ring (bicyclic) bond motifs is 3. The van der Waals surface area contributed by atoms with Crippen molar-refractivity contribution in [3.8, 4) is 0 Å². The highest BCUT2D eigenvalue weighted by Crippen LogP contribution is 2.36. The molecule has 0 amide bonds. The Morgan fingerprint density at radius 3 is 2.55 bits per heavy atom. The van der Waals surface area contributed by atoms with E-state index in [1.165, 1.54) is 12.8 Å². The van der Waals surface area contributed by atoms with Crippen LogP contribution in [-0.2, 0) is 11.8 Å². The molecule has 0 spiro atoms. The van der Waals surface area contributed by atoms with Crippen LogP contribution in [0.15, 0.2) is 30.5 Å². The molecule has 2 bridgehead atoms. The maximum absolute atomic E-state index is 12.6. The third kappa shape index (κ3) is 2.13. The minimum Gasteiger partial charge on any atom is -0.459 e. The number of carbonyl (C=O) groups is 1. The van der Waals surface area contributed by atoms with Crippen molar-refractivity contribution in [2.75, 3.05) is 7.05 Å². The van der Waals surface area contributed by atoms with E-state index in [0.29, 0.717) is 17.6 Å². The van der Waals surface area contributed by atoms with Crippen LogP contribution in [0.3, 0.4) is 0 Å². The van der Waals surface area contributed by atoms with Gasteiger partial charge in [0.15, 0.2) is 0 Å². The van der Waals surface area contributed by atoms with Crippen LogP contribution in [0.1, 0.15) is 36.0 Å². The summed E-state index contributed by atoms with van der Waals surface area (Å²) in [5.41, 5.74) is 1.75. The Hall–Kier alpha value is -1.81. The second kappa shape index (κ2) is 5.13. The maximum Gasteiger partial charge on any atom is 0.340 e. The Morgan fingerprint density at radius 1 is 1.14 bits per heavy atom. The molecule has 2 aromatic rings. The van der Waals surface area contributed by atoms with Gasteiger partial charge in [-0.3, -0.25) is 0 Å². The van der Waals surface area contributed by atoms with E-state index in [1.54, 1.807) is 0 Å². The predicted octanol–water partition coefficient (Wildman–Crippen LogP) is 2.96. The van der Waals surface area contributed by atoms with Gasteiger partial charge in [-0.2, -0.15) is 0 Å². The van der Waals surface area contributed by atoms with Gasteiger partial charge in [0, 0.05) is 49.1 Å². The average Bonchev–Trinajstić information content (AvgIpc) is 2.93. The minimum atomic E-state index is -0.175. The molecule has 4 nitrogen and oxygen atoms in total. The molecule has 2 aliphatic heterocycles. The summed E-state index contributed by atoms with van der Waals surface area (Å²) in [6.45, 7) is 0. The second-order valence-corrected chi connectivity index (χ2v) is 6.72. The smallest absolute Gasteiger partial charge is 0.340 e. The molecular weight excluding hydrogens is 276 g/mol. The second-order valence-electron chi connectivity index (χ2n) is 6.72. The summed E-state index contributed by atoms with van der Waals surface area (Å²) in [6, 6.07) is 9.15. The molecule has 4 heteroatoms. The lowest BCUT2D eigenvalue weighted by molar-refractivity contribution is -0.000279. The molecule has 4 rings (SSSR count). The zero-order valence-corrected chi connectivity index (χ0v) is 13.2. The van der Waals surface area contributed by atoms with Crippen LogP contribution < -0.4 is 0 Å². The molecule has 2 saturated heterocycles. The van der Waals surface area contributed by atoms with E-state index in [-0.39, 0.29) is 12.1 Å². The molecule has 0 radical (unpaired) electrons. The van der Waals surface area contributed by atoms with Gasteiger partial charge in [-0.05, 0) is 26.0 Å². The molecule has 1 aromatic heterocycles. The molecule has 116 valence electrons. The monoisotopic (exact) mass is 298 g/mol. The summed E-state index contributed by atoms with van der Waals surface area (Å²) < 4.78 is 7.84. The first-order chi connectivity index (χ1) is 10.6. The summed E-state index contributed by atoms with van der Waals surface area (Å²) in [6.07, 6.45) is 6.39. The SMILES string of the molecule is CN1[C@H]2CC[C@H]1CC(OC(=O)c1cn(C)c3ccccc13)C2. The van der Waals surface area contributed by atoms with Gasteiger partial charge in [0.25, 0.3) is 0 Å². The Labute approximate surface area is 130 Å². The number of hydrogen-bond donors (Lipinski definition) is 0. The highest BCUT2D eigenvalue weighted by molar-refractivity contribution is 6.04. The number of piperidine rings is 1. The molecule has 0 unspecified atom stereocenters. The Bertz CT molecular complexity index is 707. The van der Waals surface area contributed by atoms with Crippen LogP contribution in [0.25, 0.3) is 10.9 Å². The molecule has 2 aliphatic rings. The molecule has 0 saturated carbocycles. The minimum absolute atomic E-state index is 0.0696. The van der Waals surface area contributed by atoms with Crippen molar-refractivity contribution in [1.29, 1.82) is 0 Å². The van der Waals surface area contributed by atoms with E-state index < -0.39 is 0 Å². The van der Waals surface area contributed by atoms with Crippen molar-refractivity contribution in [2.24, 2.45) is 7.05 Å². The van der Waals surface area contributed by atoms with E-state index in [9.17, 15) is 4.79 Å². The number of nitrogens with zero attached hydrogens (tertiary/aromatic N) is 2. The van der Waals surface area contributed by atoms with Crippen molar-refractivity contribution < 1.29 is 9.53 Å². The van der Waals surface area contributed by atoms with Crippen molar-refractivity contribution in [2.45, 2.75) is 43.9 Å². The molecule has 0 aliphatic carbocycles. The summed E-state index contributed by atoms with van der Waals surface area (Å²) in [7, 11) is 4.17.